The lowest BCUT2D eigenvalue weighted by Gasteiger charge is -2.13. The Morgan fingerprint density at radius 3 is 1.88 bits per heavy atom. The molecule has 0 spiro atoms. The van der Waals surface area contributed by atoms with Crippen LogP contribution in [0.4, 0.5) is 0 Å². The van der Waals surface area contributed by atoms with Crippen LogP contribution in [0.5, 0.6) is 0 Å². The molecule has 0 aromatic heterocycles. The molecule has 0 saturated heterocycles. The van der Waals surface area contributed by atoms with Gasteiger partial charge in [-0.25, -0.2) is 0 Å². The summed E-state index contributed by atoms with van der Waals surface area (Å²) in [4.78, 5) is 0. The van der Waals surface area contributed by atoms with Crippen molar-refractivity contribution in [2.75, 3.05) is 13.6 Å². The summed E-state index contributed by atoms with van der Waals surface area (Å²) >= 11 is 0. The van der Waals surface area contributed by atoms with E-state index >= 15 is 0 Å². The lowest BCUT2D eigenvalue weighted by Crippen LogP contribution is -3.00. The summed E-state index contributed by atoms with van der Waals surface area (Å²) in [5, 5.41) is 1.96. The maximum absolute atomic E-state index is 5.39. The second kappa shape index (κ2) is 4.09. The molecule has 0 aromatic carbocycles. The number of halogens is 1. The van der Waals surface area contributed by atoms with Gasteiger partial charge in [-0.05, 0) is 6.92 Å². The number of hydrogen-bond acceptors (Lipinski definition) is 2. The zero-order valence-corrected chi connectivity index (χ0v) is 6.07. The first-order valence-electron chi connectivity index (χ1n) is 2.42. The van der Waals surface area contributed by atoms with Gasteiger partial charge in [0.05, 0.1) is 7.05 Å². The highest BCUT2D eigenvalue weighted by atomic mass is 35.5. The van der Waals surface area contributed by atoms with Crippen molar-refractivity contribution in [3.8, 4) is 0 Å². The summed E-state index contributed by atoms with van der Waals surface area (Å²) in [6, 6.07) is 0. The van der Waals surface area contributed by atoms with Crippen LogP contribution in [-0.2, 0) is 0 Å². The van der Waals surface area contributed by atoms with Gasteiger partial charge in [0, 0.05) is 0 Å². The van der Waals surface area contributed by atoms with Gasteiger partial charge in [-0.15, -0.1) is 0 Å². The average Bonchev–Trinajstić information content (AvgIpc) is 1.30. The van der Waals surface area contributed by atoms with Crippen LogP contribution in [-0.4, -0.2) is 19.3 Å². The maximum atomic E-state index is 5.39. The Balaban J connectivity index is 0. The fourth-order valence-corrected chi connectivity index (χ4v) is 0.440. The highest BCUT2D eigenvalue weighted by Crippen LogP contribution is 1.75. The van der Waals surface area contributed by atoms with E-state index in [0.29, 0.717) is 0 Å². The number of quaternary nitrogens is 1. The predicted molar refractivity (Wildman–Crippen MR) is 29.5 cm³/mol. The Hall–Kier alpha value is 0.170. The van der Waals surface area contributed by atoms with Crippen molar-refractivity contribution in [1.82, 2.24) is 0 Å². The zero-order valence-electron chi connectivity index (χ0n) is 5.32. The largest absolute Gasteiger partial charge is 1.00 e. The van der Waals surface area contributed by atoms with Gasteiger partial charge in [-0.1, -0.05) is 0 Å². The lowest BCUT2D eigenvalue weighted by molar-refractivity contribution is -0.633. The van der Waals surface area contributed by atoms with Crippen LogP contribution in [0.1, 0.15) is 6.92 Å². The molecule has 6 N–H and O–H groups in total. The van der Waals surface area contributed by atoms with Crippen LogP contribution in [0.2, 0.25) is 0 Å². The van der Waals surface area contributed by atoms with E-state index in [4.69, 9.17) is 11.5 Å². The molecule has 0 fully saturated rings. The first-order chi connectivity index (χ1) is 3.06. The molecular formula is C4H14ClN3. The summed E-state index contributed by atoms with van der Waals surface area (Å²) in [5.74, 6) is 0. The first kappa shape index (κ1) is 11.0. The van der Waals surface area contributed by atoms with Crippen molar-refractivity contribution in [2.24, 2.45) is 11.5 Å². The van der Waals surface area contributed by atoms with E-state index in [1.54, 1.807) is 6.92 Å². The smallest absolute Gasteiger partial charge is 0.111 e. The minimum absolute atomic E-state index is 0. The van der Waals surface area contributed by atoms with E-state index < -0.39 is 5.66 Å². The maximum Gasteiger partial charge on any atom is 0.111 e. The number of likely N-dealkylation sites (N-methyl/N-ethyl adjacent to an activating group) is 1. The van der Waals surface area contributed by atoms with Crippen LogP contribution < -0.4 is 29.2 Å². The summed E-state index contributed by atoms with van der Waals surface area (Å²) in [6.45, 7) is 2.57. The van der Waals surface area contributed by atoms with Gasteiger partial charge in [0.15, 0.2) is 0 Å². The molecule has 0 aliphatic carbocycles. The average molecular weight is 140 g/mol. The van der Waals surface area contributed by atoms with Gasteiger partial charge < -0.3 is 29.2 Å². The molecule has 3 nitrogen and oxygen atoms in total. The fraction of sp³-hybridized carbons (Fsp3) is 1.00. The van der Waals surface area contributed by atoms with E-state index in [9.17, 15) is 0 Å². The van der Waals surface area contributed by atoms with Crippen LogP contribution in [0, 0.1) is 0 Å². The van der Waals surface area contributed by atoms with Gasteiger partial charge in [0.2, 0.25) is 0 Å². The monoisotopic (exact) mass is 139 g/mol. The van der Waals surface area contributed by atoms with E-state index in [1.807, 2.05) is 12.4 Å². The summed E-state index contributed by atoms with van der Waals surface area (Å²) in [5.41, 5.74) is 10.3. The van der Waals surface area contributed by atoms with Crippen molar-refractivity contribution in [3.63, 3.8) is 0 Å². The summed E-state index contributed by atoms with van der Waals surface area (Å²) < 4.78 is 0. The third-order valence-corrected chi connectivity index (χ3v) is 0.644. The minimum atomic E-state index is -0.505. The normalized spacial score (nSPS) is 10.5. The highest BCUT2D eigenvalue weighted by Gasteiger charge is 2.10. The SMILES string of the molecule is C[NH2+]CC(C)(N)N.[Cl-]. The first-order valence-corrected chi connectivity index (χ1v) is 2.42. The molecule has 0 unspecified atom stereocenters. The van der Waals surface area contributed by atoms with Crippen molar-refractivity contribution in [2.45, 2.75) is 12.6 Å². The molecule has 0 aliphatic rings. The summed E-state index contributed by atoms with van der Waals surface area (Å²) in [7, 11) is 1.94. The Bertz CT molecular complexity index is 49.7. The highest BCUT2D eigenvalue weighted by molar-refractivity contribution is 4.65. The summed E-state index contributed by atoms with van der Waals surface area (Å²) in [6.07, 6.45) is 0. The molecule has 0 rings (SSSR count). The molecule has 0 amide bonds. The Morgan fingerprint density at radius 1 is 1.50 bits per heavy atom. The quantitative estimate of drug-likeness (QED) is 0.335. The van der Waals surface area contributed by atoms with Gasteiger partial charge in [-0.2, -0.15) is 0 Å². The Kier molecular flexibility index (Phi) is 5.64. The predicted octanol–water partition coefficient (Wildman–Crippen LogP) is -5.18. The Morgan fingerprint density at radius 2 is 1.88 bits per heavy atom. The minimum Gasteiger partial charge on any atom is -1.00 e. The Labute approximate surface area is 56.2 Å². The topological polar surface area (TPSA) is 68.6 Å². The van der Waals surface area contributed by atoms with Crippen LogP contribution in [0.15, 0.2) is 0 Å². The van der Waals surface area contributed by atoms with E-state index in [2.05, 4.69) is 0 Å². The number of hydrogen-bond donors (Lipinski definition) is 3. The number of rotatable bonds is 2. The van der Waals surface area contributed by atoms with E-state index in [1.165, 1.54) is 0 Å². The third-order valence-electron chi connectivity index (χ3n) is 0.644. The molecule has 0 atom stereocenters. The second-order valence-corrected chi connectivity index (χ2v) is 2.12. The molecular weight excluding hydrogens is 126 g/mol. The van der Waals surface area contributed by atoms with Gasteiger partial charge >= 0.3 is 0 Å². The van der Waals surface area contributed by atoms with Crippen molar-refractivity contribution >= 4 is 0 Å². The van der Waals surface area contributed by atoms with E-state index in [-0.39, 0.29) is 12.4 Å². The zero-order chi connectivity index (χ0) is 5.91. The van der Waals surface area contributed by atoms with Gasteiger partial charge in [-0.3, -0.25) is 0 Å². The molecule has 52 valence electrons. The standard InChI is InChI=1S/C4H13N3.ClH/c1-4(5,6)3-7-2;/h7H,3,5-6H2,1-2H3;1H. The van der Waals surface area contributed by atoms with Crippen LogP contribution >= 0.6 is 0 Å². The molecule has 0 aliphatic heterocycles. The fourth-order valence-electron chi connectivity index (χ4n) is 0.440. The molecule has 0 heterocycles. The van der Waals surface area contributed by atoms with Gasteiger partial charge in [0.25, 0.3) is 0 Å². The molecule has 0 bridgehead atoms. The van der Waals surface area contributed by atoms with Crippen LogP contribution in [0.3, 0.4) is 0 Å². The number of nitrogens with two attached hydrogens (primary N) is 3. The molecule has 0 aromatic rings. The lowest BCUT2D eigenvalue weighted by atomic mass is 10.2. The van der Waals surface area contributed by atoms with Crippen LogP contribution in [0.25, 0.3) is 0 Å². The second-order valence-electron chi connectivity index (χ2n) is 2.12. The van der Waals surface area contributed by atoms with Gasteiger partial charge in [0.1, 0.15) is 12.2 Å². The van der Waals surface area contributed by atoms with Crippen molar-refractivity contribution < 1.29 is 17.7 Å². The molecule has 8 heavy (non-hydrogen) atoms. The molecule has 0 radical (unpaired) electrons. The van der Waals surface area contributed by atoms with Crippen molar-refractivity contribution in [1.29, 1.82) is 0 Å². The van der Waals surface area contributed by atoms with Crippen molar-refractivity contribution in [3.05, 3.63) is 0 Å². The third kappa shape index (κ3) is 9.48. The molecule has 0 saturated carbocycles. The molecule has 4 heteroatoms. The van der Waals surface area contributed by atoms with E-state index in [0.717, 1.165) is 6.54 Å².